The van der Waals surface area contributed by atoms with Crippen LogP contribution >= 0.6 is 0 Å². The molecule has 0 bridgehead atoms. The quantitative estimate of drug-likeness (QED) is 0.518. The molecule has 0 saturated carbocycles. The Morgan fingerprint density at radius 2 is 0.960 bits per heavy atom. The zero-order valence-electron chi connectivity index (χ0n) is 13.6. The standard InChI is InChI=1S/C23H17NO/c25-21-16-20(17-10-4-1-5-11-17)22(18-12-6-2-7-13-18)24-23(21)19-14-8-3-9-15-19/h1-16,25H. The molecule has 4 rings (SSSR count). The molecule has 0 radical (unpaired) electrons. The van der Waals surface area contributed by atoms with Crippen molar-refractivity contribution in [1.29, 1.82) is 0 Å². The molecule has 0 saturated heterocycles. The first-order valence-corrected chi connectivity index (χ1v) is 8.23. The molecule has 4 aromatic rings. The smallest absolute Gasteiger partial charge is 0.142 e. The second-order valence-corrected chi connectivity index (χ2v) is 5.85. The van der Waals surface area contributed by atoms with E-state index in [1.807, 2.05) is 97.1 Å². The highest BCUT2D eigenvalue weighted by atomic mass is 16.3. The monoisotopic (exact) mass is 323 g/mol. The van der Waals surface area contributed by atoms with E-state index in [1.54, 1.807) is 0 Å². The van der Waals surface area contributed by atoms with E-state index in [0.29, 0.717) is 5.69 Å². The summed E-state index contributed by atoms with van der Waals surface area (Å²) < 4.78 is 0. The number of aromatic nitrogens is 1. The molecular formula is C23H17NO. The van der Waals surface area contributed by atoms with Gasteiger partial charge in [0.25, 0.3) is 0 Å². The first-order valence-electron chi connectivity index (χ1n) is 8.23. The fourth-order valence-electron chi connectivity index (χ4n) is 2.97. The number of pyridine rings is 1. The van der Waals surface area contributed by atoms with Crippen molar-refractivity contribution in [3.63, 3.8) is 0 Å². The highest BCUT2D eigenvalue weighted by molar-refractivity contribution is 5.85. The highest BCUT2D eigenvalue weighted by Crippen LogP contribution is 2.38. The molecule has 0 aliphatic rings. The third-order valence-corrected chi connectivity index (χ3v) is 4.18. The Morgan fingerprint density at radius 3 is 1.48 bits per heavy atom. The molecule has 0 aliphatic heterocycles. The molecule has 1 aromatic heterocycles. The minimum atomic E-state index is 0.185. The van der Waals surface area contributed by atoms with Crippen molar-refractivity contribution >= 4 is 0 Å². The summed E-state index contributed by atoms with van der Waals surface area (Å²) in [6.45, 7) is 0. The fourth-order valence-corrected chi connectivity index (χ4v) is 2.97. The molecule has 2 nitrogen and oxygen atoms in total. The molecule has 1 heterocycles. The molecule has 1 N–H and O–H groups in total. The minimum absolute atomic E-state index is 0.185. The van der Waals surface area contributed by atoms with Crippen LogP contribution in [0.5, 0.6) is 5.75 Å². The van der Waals surface area contributed by atoms with E-state index >= 15 is 0 Å². The van der Waals surface area contributed by atoms with Crippen molar-refractivity contribution in [2.45, 2.75) is 0 Å². The molecule has 3 aromatic carbocycles. The zero-order valence-corrected chi connectivity index (χ0v) is 13.6. The van der Waals surface area contributed by atoms with Crippen molar-refractivity contribution in [2.24, 2.45) is 0 Å². The summed E-state index contributed by atoms with van der Waals surface area (Å²) in [6, 6.07) is 31.7. The molecule has 25 heavy (non-hydrogen) atoms. The lowest BCUT2D eigenvalue weighted by molar-refractivity contribution is 0.475. The van der Waals surface area contributed by atoms with E-state index < -0.39 is 0 Å². The van der Waals surface area contributed by atoms with Gasteiger partial charge in [-0.3, -0.25) is 0 Å². The van der Waals surface area contributed by atoms with Gasteiger partial charge in [0.05, 0.1) is 5.69 Å². The predicted molar refractivity (Wildman–Crippen MR) is 102 cm³/mol. The summed E-state index contributed by atoms with van der Waals surface area (Å²) in [4.78, 5) is 4.84. The van der Waals surface area contributed by atoms with E-state index in [4.69, 9.17) is 4.98 Å². The van der Waals surface area contributed by atoms with Gasteiger partial charge in [-0.25, -0.2) is 4.98 Å². The van der Waals surface area contributed by atoms with Crippen LogP contribution in [0.25, 0.3) is 33.6 Å². The van der Waals surface area contributed by atoms with Crippen LogP contribution in [0.1, 0.15) is 0 Å². The van der Waals surface area contributed by atoms with E-state index in [9.17, 15) is 5.11 Å². The Bertz CT molecular complexity index is 980. The summed E-state index contributed by atoms with van der Waals surface area (Å²) in [6.07, 6.45) is 0. The fraction of sp³-hybridized carbons (Fsp3) is 0. The second kappa shape index (κ2) is 6.62. The van der Waals surface area contributed by atoms with Gasteiger partial charge in [0, 0.05) is 16.7 Å². The van der Waals surface area contributed by atoms with Gasteiger partial charge >= 0.3 is 0 Å². The Kier molecular flexibility index (Phi) is 4.01. The van der Waals surface area contributed by atoms with Gasteiger partial charge < -0.3 is 5.11 Å². The van der Waals surface area contributed by atoms with Crippen molar-refractivity contribution in [3.8, 4) is 39.4 Å². The van der Waals surface area contributed by atoms with Gasteiger partial charge in [-0.05, 0) is 11.6 Å². The van der Waals surface area contributed by atoms with Crippen molar-refractivity contribution < 1.29 is 5.11 Å². The predicted octanol–water partition coefficient (Wildman–Crippen LogP) is 5.79. The normalized spacial score (nSPS) is 10.6. The van der Waals surface area contributed by atoms with E-state index in [-0.39, 0.29) is 5.75 Å². The van der Waals surface area contributed by atoms with Crippen LogP contribution in [0.2, 0.25) is 0 Å². The molecule has 2 heteroatoms. The first-order chi connectivity index (χ1) is 12.3. The molecule has 0 atom stereocenters. The number of nitrogens with zero attached hydrogens (tertiary/aromatic N) is 1. The lowest BCUT2D eigenvalue weighted by Crippen LogP contribution is -1.93. The van der Waals surface area contributed by atoms with Gasteiger partial charge in [-0.15, -0.1) is 0 Å². The molecule has 0 spiro atoms. The van der Waals surface area contributed by atoms with Gasteiger partial charge in [0.15, 0.2) is 0 Å². The minimum Gasteiger partial charge on any atom is -0.506 e. The Balaban J connectivity index is 1.98. The summed E-state index contributed by atoms with van der Waals surface area (Å²) >= 11 is 0. The summed E-state index contributed by atoms with van der Waals surface area (Å²) in [5, 5.41) is 10.6. The molecular weight excluding hydrogens is 306 g/mol. The molecule has 120 valence electrons. The maximum Gasteiger partial charge on any atom is 0.142 e. The largest absolute Gasteiger partial charge is 0.506 e. The van der Waals surface area contributed by atoms with Crippen molar-refractivity contribution in [3.05, 3.63) is 97.1 Å². The average molecular weight is 323 g/mol. The van der Waals surface area contributed by atoms with Gasteiger partial charge in [-0.1, -0.05) is 91.0 Å². The number of aromatic hydroxyl groups is 1. The third-order valence-electron chi connectivity index (χ3n) is 4.18. The van der Waals surface area contributed by atoms with Crippen LogP contribution in [-0.4, -0.2) is 10.1 Å². The van der Waals surface area contributed by atoms with Gasteiger partial charge in [0.2, 0.25) is 0 Å². The number of hydrogen-bond acceptors (Lipinski definition) is 2. The SMILES string of the molecule is Oc1cc(-c2ccccc2)c(-c2ccccc2)nc1-c1ccccc1. The number of hydrogen-bond donors (Lipinski definition) is 1. The van der Waals surface area contributed by atoms with Crippen LogP contribution in [-0.2, 0) is 0 Å². The van der Waals surface area contributed by atoms with Crippen LogP contribution in [0.15, 0.2) is 97.1 Å². The summed E-state index contributed by atoms with van der Waals surface area (Å²) in [5.41, 5.74) is 5.34. The Morgan fingerprint density at radius 1 is 0.520 bits per heavy atom. The van der Waals surface area contributed by atoms with Crippen LogP contribution in [0.4, 0.5) is 0 Å². The van der Waals surface area contributed by atoms with E-state index in [0.717, 1.165) is 27.9 Å². The summed E-state index contributed by atoms with van der Waals surface area (Å²) in [7, 11) is 0. The third kappa shape index (κ3) is 3.02. The maximum absolute atomic E-state index is 10.6. The van der Waals surface area contributed by atoms with Crippen LogP contribution in [0.3, 0.4) is 0 Å². The summed E-state index contributed by atoms with van der Waals surface area (Å²) in [5.74, 6) is 0.185. The van der Waals surface area contributed by atoms with Gasteiger partial charge in [-0.2, -0.15) is 0 Å². The second-order valence-electron chi connectivity index (χ2n) is 5.85. The number of benzene rings is 3. The molecule has 0 unspecified atom stereocenters. The van der Waals surface area contributed by atoms with Crippen molar-refractivity contribution in [2.75, 3.05) is 0 Å². The Labute approximate surface area is 147 Å². The molecule has 0 fully saturated rings. The van der Waals surface area contributed by atoms with Crippen LogP contribution in [0, 0.1) is 0 Å². The first kappa shape index (κ1) is 15.2. The molecule has 0 amide bonds. The Hall–Kier alpha value is -3.39. The lowest BCUT2D eigenvalue weighted by atomic mass is 9.97. The number of rotatable bonds is 3. The highest BCUT2D eigenvalue weighted by Gasteiger charge is 2.15. The van der Waals surface area contributed by atoms with Crippen LogP contribution < -0.4 is 0 Å². The topological polar surface area (TPSA) is 33.1 Å². The maximum atomic E-state index is 10.6. The zero-order chi connectivity index (χ0) is 17.1. The molecule has 0 aliphatic carbocycles. The lowest BCUT2D eigenvalue weighted by Gasteiger charge is -2.13. The average Bonchev–Trinajstić information content (AvgIpc) is 2.70. The van der Waals surface area contributed by atoms with E-state index in [2.05, 4.69) is 0 Å². The van der Waals surface area contributed by atoms with Gasteiger partial charge in [0.1, 0.15) is 11.4 Å². The van der Waals surface area contributed by atoms with Crippen molar-refractivity contribution in [1.82, 2.24) is 4.98 Å². The van der Waals surface area contributed by atoms with E-state index in [1.165, 1.54) is 0 Å².